The fraction of sp³-hybridized carbons (Fsp3) is 0.500. The predicted molar refractivity (Wildman–Crippen MR) is 118 cm³/mol. The van der Waals surface area contributed by atoms with Crippen LogP contribution in [-0.4, -0.2) is 47.1 Å². The van der Waals surface area contributed by atoms with Crippen molar-refractivity contribution in [1.29, 1.82) is 0 Å². The van der Waals surface area contributed by atoms with Gasteiger partial charge in [0, 0.05) is 29.5 Å². The molecule has 7 heteroatoms. The van der Waals surface area contributed by atoms with Gasteiger partial charge in [-0.15, -0.1) is 0 Å². The van der Waals surface area contributed by atoms with E-state index in [0.29, 0.717) is 11.7 Å². The molecule has 1 aliphatic rings. The van der Waals surface area contributed by atoms with Crippen LogP contribution in [0.2, 0.25) is 0 Å². The lowest BCUT2D eigenvalue weighted by Crippen LogP contribution is -2.34. The Balaban J connectivity index is 1.35. The Labute approximate surface area is 177 Å². The number of benzene rings is 1. The van der Waals surface area contributed by atoms with E-state index in [1.54, 1.807) is 18.5 Å². The highest BCUT2D eigenvalue weighted by Crippen LogP contribution is 2.27. The van der Waals surface area contributed by atoms with Gasteiger partial charge in [-0.25, -0.2) is 14.8 Å². The largest absolute Gasteiger partial charge is 0.338 e. The van der Waals surface area contributed by atoms with Gasteiger partial charge < -0.3 is 15.5 Å². The normalized spacial score (nSPS) is 15.2. The first-order valence-electron chi connectivity index (χ1n) is 10.4. The zero-order valence-electron chi connectivity index (χ0n) is 17.4. The van der Waals surface area contributed by atoms with Crippen LogP contribution in [0.4, 0.5) is 10.5 Å². The first-order chi connectivity index (χ1) is 14.1. The van der Waals surface area contributed by atoms with E-state index in [9.17, 15) is 4.79 Å². The van der Waals surface area contributed by atoms with Crippen molar-refractivity contribution in [2.24, 2.45) is 5.92 Å². The van der Waals surface area contributed by atoms with Crippen molar-refractivity contribution in [3.05, 3.63) is 42.2 Å². The lowest BCUT2D eigenvalue weighted by molar-refractivity contribution is 0.189. The standard InChI is InChI=1S/C22H31N5OS/c1-17-8-14-27(15-9-17)13-4-3-10-23-21(28)26-20-7-6-19(16-18(20)2)29-22-24-11-5-12-25-22/h5-7,11-12,16-17H,3-4,8-10,13-15H2,1-2H3,(H2,23,26,28). The number of aryl methyl sites for hydroxylation is 1. The Bertz CT molecular complexity index is 778. The number of unbranched alkanes of at least 4 members (excludes halogenated alkanes) is 1. The van der Waals surface area contributed by atoms with Crippen molar-refractivity contribution in [3.8, 4) is 0 Å². The SMILES string of the molecule is Cc1cc(Sc2ncccn2)ccc1NC(=O)NCCCCN1CCC(C)CC1. The Morgan fingerprint density at radius 3 is 2.69 bits per heavy atom. The second-order valence-electron chi connectivity index (χ2n) is 7.72. The van der Waals surface area contributed by atoms with Crippen LogP contribution in [0.25, 0.3) is 0 Å². The van der Waals surface area contributed by atoms with Gasteiger partial charge in [0.1, 0.15) is 0 Å². The maximum atomic E-state index is 12.2. The number of urea groups is 1. The van der Waals surface area contributed by atoms with E-state index >= 15 is 0 Å². The number of rotatable bonds is 8. The molecular formula is C22H31N5OS. The van der Waals surface area contributed by atoms with Gasteiger partial charge in [0.05, 0.1) is 0 Å². The van der Waals surface area contributed by atoms with Crippen molar-refractivity contribution < 1.29 is 4.79 Å². The molecule has 2 amide bonds. The molecule has 0 unspecified atom stereocenters. The average molecular weight is 414 g/mol. The molecular weight excluding hydrogens is 382 g/mol. The summed E-state index contributed by atoms with van der Waals surface area (Å²) in [5.74, 6) is 0.874. The number of nitrogens with zero attached hydrogens (tertiary/aromatic N) is 3. The number of nitrogens with one attached hydrogen (secondary N) is 2. The summed E-state index contributed by atoms with van der Waals surface area (Å²) in [5, 5.41) is 6.62. The molecule has 0 spiro atoms. The van der Waals surface area contributed by atoms with E-state index in [2.05, 4.69) is 32.4 Å². The summed E-state index contributed by atoms with van der Waals surface area (Å²) in [6.07, 6.45) is 8.22. The molecule has 2 aromatic rings. The summed E-state index contributed by atoms with van der Waals surface area (Å²) < 4.78 is 0. The zero-order valence-corrected chi connectivity index (χ0v) is 18.2. The van der Waals surface area contributed by atoms with Gasteiger partial charge in [-0.1, -0.05) is 6.92 Å². The van der Waals surface area contributed by atoms with Crippen LogP contribution < -0.4 is 10.6 Å². The molecule has 0 atom stereocenters. The number of hydrogen-bond acceptors (Lipinski definition) is 5. The number of hydrogen-bond donors (Lipinski definition) is 2. The van der Waals surface area contributed by atoms with Gasteiger partial charge in [0.2, 0.25) is 0 Å². The summed E-state index contributed by atoms with van der Waals surface area (Å²) in [6, 6.07) is 7.60. The summed E-state index contributed by atoms with van der Waals surface area (Å²) in [4.78, 5) is 24.2. The van der Waals surface area contributed by atoms with Crippen LogP contribution in [0, 0.1) is 12.8 Å². The highest BCUT2D eigenvalue weighted by Gasteiger charge is 2.14. The second kappa shape index (κ2) is 11.2. The zero-order chi connectivity index (χ0) is 20.5. The van der Waals surface area contributed by atoms with E-state index in [0.717, 1.165) is 41.5 Å². The molecule has 0 bridgehead atoms. The van der Waals surface area contributed by atoms with Gasteiger partial charge >= 0.3 is 6.03 Å². The lowest BCUT2D eigenvalue weighted by Gasteiger charge is -2.30. The van der Waals surface area contributed by atoms with Crippen LogP contribution in [0.15, 0.2) is 46.7 Å². The molecule has 29 heavy (non-hydrogen) atoms. The van der Waals surface area contributed by atoms with Crippen LogP contribution in [-0.2, 0) is 0 Å². The van der Waals surface area contributed by atoms with Crippen LogP contribution in [0.1, 0.15) is 38.2 Å². The number of aromatic nitrogens is 2. The number of likely N-dealkylation sites (tertiary alicyclic amines) is 1. The molecule has 0 radical (unpaired) electrons. The van der Waals surface area contributed by atoms with Gasteiger partial charge in [0.15, 0.2) is 5.16 Å². The highest BCUT2D eigenvalue weighted by atomic mass is 32.2. The molecule has 1 saturated heterocycles. The molecule has 1 aromatic carbocycles. The van der Waals surface area contributed by atoms with E-state index in [1.165, 1.54) is 37.7 Å². The van der Waals surface area contributed by atoms with E-state index in [1.807, 2.05) is 25.1 Å². The Hall–Kier alpha value is -2.12. The predicted octanol–water partition coefficient (Wildman–Crippen LogP) is 4.57. The molecule has 2 N–H and O–H groups in total. The third kappa shape index (κ3) is 7.33. The molecule has 0 aliphatic carbocycles. The summed E-state index contributed by atoms with van der Waals surface area (Å²) in [6.45, 7) is 8.61. The molecule has 156 valence electrons. The van der Waals surface area contributed by atoms with Gasteiger partial charge in [-0.05, 0) is 99.8 Å². The van der Waals surface area contributed by atoms with Crippen molar-refractivity contribution in [2.45, 2.75) is 49.6 Å². The van der Waals surface area contributed by atoms with Crippen LogP contribution >= 0.6 is 11.8 Å². The van der Waals surface area contributed by atoms with E-state index < -0.39 is 0 Å². The first kappa shape index (κ1) is 21.6. The minimum atomic E-state index is -0.147. The fourth-order valence-electron chi connectivity index (χ4n) is 3.40. The van der Waals surface area contributed by atoms with Crippen molar-refractivity contribution >= 4 is 23.5 Å². The number of piperidine rings is 1. The summed E-state index contributed by atoms with van der Waals surface area (Å²) in [7, 11) is 0. The summed E-state index contributed by atoms with van der Waals surface area (Å²) >= 11 is 1.51. The Morgan fingerprint density at radius 1 is 1.21 bits per heavy atom. The molecule has 3 rings (SSSR count). The molecule has 0 saturated carbocycles. The minimum absolute atomic E-state index is 0.147. The monoisotopic (exact) mass is 413 g/mol. The van der Waals surface area contributed by atoms with Crippen molar-refractivity contribution in [3.63, 3.8) is 0 Å². The van der Waals surface area contributed by atoms with Gasteiger partial charge in [0.25, 0.3) is 0 Å². The third-order valence-electron chi connectivity index (χ3n) is 5.26. The third-order valence-corrected chi connectivity index (χ3v) is 6.14. The lowest BCUT2D eigenvalue weighted by atomic mass is 9.99. The summed E-state index contributed by atoms with van der Waals surface area (Å²) in [5.41, 5.74) is 1.84. The first-order valence-corrected chi connectivity index (χ1v) is 11.2. The Kier molecular flexibility index (Phi) is 8.31. The van der Waals surface area contributed by atoms with Crippen LogP contribution in [0.5, 0.6) is 0 Å². The average Bonchev–Trinajstić information content (AvgIpc) is 2.72. The number of carbonyl (C=O) groups is 1. The number of anilines is 1. The molecule has 6 nitrogen and oxygen atoms in total. The van der Waals surface area contributed by atoms with E-state index in [4.69, 9.17) is 0 Å². The van der Waals surface area contributed by atoms with Gasteiger partial charge in [-0.2, -0.15) is 0 Å². The van der Waals surface area contributed by atoms with Crippen LogP contribution in [0.3, 0.4) is 0 Å². The van der Waals surface area contributed by atoms with Gasteiger partial charge in [-0.3, -0.25) is 0 Å². The quantitative estimate of drug-likeness (QED) is 0.490. The van der Waals surface area contributed by atoms with Crippen molar-refractivity contribution in [2.75, 3.05) is 31.5 Å². The molecule has 1 aromatic heterocycles. The Morgan fingerprint density at radius 2 is 1.97 bits per heavy atom. The molecule has 1 aliphatic heterocycles. The highest BCUT2D eigenvalue weighted by molar-refractivity contribution is 7.99. The number of amides is 2. The fourth-order valence-corrected chi connectivity index (χ4v) is 4.21. The smallest absolute Gasteiger partial charge is 0.319 e. The molecule has 2 heterocycles. The molecule has 1 fully saturated rings. The topological polar surface area (TPSA) is 70.1 Å². The number of carbonyl (C=O) groups excluding carboxylic acids is 1. The maximum Gasteiger partial charge on any atom is 0.319 e. The second-order valence-corrected chi connectivity index (χ2v) is 8.76. The minimum Gasteiger partial charge on any atom is -0.338 e. The van der Waals surface area contributed by atoms with Crippen molar-refractivity contribution in [1.82, 2.24) is 20.2 Å². The maximum absolute atomic E-state index is 12.2. The van der Waals surface area contributed by atoms with E-state index in [-0.39, 0.29) is 6.03 Å².